The number of hydrogen-bond donors (Lipinski definition) is 4. The molecule has 4 aromatic rings. The number of primary amides is 1. The van der Waals surface area contributed by atoms with E-state index in [1.165, 1.54) is 0 Å². The molecule has 3 amide bonds. The molecule has 2 atom stereocenters. The first-order valence-corrected chi connectivity index (χ1v) is 14.6. The minimum atomic E-state index is -0.903. The second-order valence-corrected chi connectivity index (χ2v) is 10.6. The lowest BCUT2D eigenvalue weighted by atomic mass is 9.87. The molecule has 0 unspecified atom stereocenters. The number of ether oxygens (including phenoxy) is 1. The van der Waals surface area contributed by atoms with Gasteiger partial charge in [-0.25, -0.2) is 0 Å². The zero-order valence-corrected chi connectivity index (χ0v) is 25.1. The summed E-state index contributed by atoms with van der Waals surface area (Å²) >= 11 is 0. The summed E-state index contributed by atoms with van der Waals surface area (Å²) in [5, 5.41) is 5.95. The maximum absolute atomic E-state index is 14.1. The smallest absolute Gasteiger partial charge is 0.249 e. The molecule has 0 aliphatic carbocycles. The number of nitrogens with one attached hydrogen (secondary N) is 2. The van der Waals surface area contributed by atoms with Crippen LogP contribution < -0.4 is 26.8 Å². The highest BCUT2D eigenvalue weighted by Crippen LogP contribution is 2.26. The number of benzene rings is 3. The summed E-state index contributed by atoms with van der Waals surface area (Å²) in [5.41, 5.74) is 16.9. The Labute approximate surface area is 258 Å². The Bertz CT molecular complexity index is 1570. The standard InChI is InChI=1S/C35H39N5O4/c1-3-44-28-14-11-24(12-15-28)18-31(29-8-4-5-9-30(29)33(37)41)34(42)40-32(19-25-7-6-16-38-21-25)35(43)39-22-26-10-13-27(20-36)23(2)17-26/h4-17,21,31-32H,3,18-20,22,36H2,1-2H3,(H2,37,41)(H,39,43)(H,40,42)/t31-,32+/m1/s1. The van der Waals surface area contributed by atoms with E-state index in [1.807, 2.05) is 62.4 Å². The van der Waals surface area contributed by atoms with Gasteiger partial charge in [0.2, 0.25) is 17.7 Å². The fourth-order valence-electron chi connectivity index (χ4n) is 5.14. The first-order valence-electron chi connectivity index (χ1n) is 14.6. The zero-order chi connectivity index (χ0) is 31.5. The topological polar surface area (TPSA) is 149 Å². The van der Waals surface area contributed by atoms with Gasteiger partial charge in [0.1, 0.15) is 11.8 Å². The number of nitrogens with two attached hydrogens (primary N) is 2. The predicted octanol–water partition coefficient (Wildman–Crippen LogP) is 3.72. The third-order valence-corrected chi connectivity index (χ3v) is 7.48. The van der Waals surface area contributed by atoms with Crippen molar-refractivity contribution in [2.45, 2.75) is 51.7 Å². The van der Waals surface area contributed by atoms with Crippen LogP contribution in [0.2, 0.25) is 0 Å². The predicted molar refractivity (Wildman–Crippen MR) is 170 cm³/mol. The molecule has 0 saturated carbocycles. The first kappa shape index (κ1) is 31.9. The number of aromatic nitrogens is 1. The van der Waals surface area contributed by atoms with Crippen LogP contribution in [0.25, 0.3) is 0 Å². The van der Waals surface area contributed by atoms with E-state index in [2.05, 4.69) is 15.6 Å². The molecule has 44 heavy (non-hydrogen) atoms. The quantitative estimate of drug-likeness (QED) is 0.175. The SMILES string of the molecule is CCOc1ccc(C[C@@H](C(=O)N[C@@H](Cc2cccnc2)C(=O)NCc2ccc(CN)c(C)c2)c2ccccc2C(N)=O)cc1. The zero-order valence-electron chi connectivity index (χ0n) is 25.1. The second kappa shape index (κ2) is 15.5. The van der Waals surface area contributed by atoms with Crippen LogP contribution in [0.5, 0.6) is 5.75 Å². The van der Waals surface area contributed by atoms with E-state index >= 15 is 0 Å². The maximum atomic E-state index is 14.1. The lowest BCUT2D eigenvalue weighted by Crippen LogP contribution is -2.49. The van der Waals surface area contributed by atoms with Crippen LogP contribution in [0.15, 0.2) is 91.3 Å². The average molecular weight is 594 g/mol. The van der Waals surface area contributed by atoms with E-state index in [4.69, 9.17) is 16.2 Å². The van der Waals surface area contributed by atoms with Gasteiger partial charge in [0.05, 0.1) is 12.5 Å². The van der Waals surface area contributed by atoms with Crippen LogP contribution in [0.3, 0.4) is 0 Å². The van der Waals surface area contributed by atoms with E-state index in [0.29, 0.717) is 18.7 Å². The highest BCUT2D eigenvalue weighted by molar-refractivity contribution is 5.98. The number of carbonyl (C=O) groups excluding carboxylic acids is 3. The monoisotopic (exact) mass is 593 g/mol. The minimum Gasteiger partial charge on any atom is -0.494 e. The molecule has 0 radical (unpaired) electrons. The van der Waals surface area contributed by atoms with Gasteiger partial charge in [-0.1, -0.05) is 54.6 Å². The van der Waals surface area contributed by atoms with Crippen molar-refractivity contribution < 1.29 is 19.1 Å². The highest BCUT2D eigenvalue weighted by Gasteiger charge is 2.29. The Morgan fingerprint density at radius 3 is 2.30 bits per heavy atom. The van der Waals surface area contributed by atoms with Crippen LogP contribution in [-0.4, -0.2) is 35.4 Å². The average Bonchev–Trinajstić information content (AvgIpc) is 3.03. The fourth-order valence-corrected chi connectivity index (χ4v) is 5.14. The minimum absolute atomic E-state index is 0.226. The second-order valence-electron chi connectivity index (χ2n) is 10.6. The van der Waals surface area contributed by atoms with Gasteiger partial charge in [0, 0.05) is 37.5 Å². The van der Waals surface area contributed by atoms with Crippen LogP contribution in [0.1, 0.15) is 56.6 Å². The molecular weight excluding hydrogens is 554 g/mol. The van der Waals surface area contributed by atoms with E-state index < -0.39 is 23.8 Å². The number of nitrogens with zero attached hydrogens (tertiary/aromatic N) is 1. The van der Waals surface area contributed by atoms with Crippen molar-refractivity contribution in [2.24, 2.45) is 11.5 Å². The molecule has 1 heterocycles. The van der Waals surface area contributed by atoms with Gasteiger partial charge in [-0.15, -0.1) is 0 Å². The molecule has 0 fully saturated rings. The summed E-state index contributed by atoms with van der Waals surface area (Å²) in [6.45, 7) is 5.15. The molecule has 4 rings (SSSR count). The molecule has 0 spiro atoms. The summed E-state index contributed by atoms with van der Waals surface area (Å²) in [5.74, 6) is -1.46. The van der Waals surface area contributed by atoms with Gasteiger partial charge in [-0.05, 0) is 77.9 Å². The molecule has 9 nitrogen and oxygen atoms in total. The number of carbonyl (C=O) groups is 3. The third-order valence-electron chi connectivity index (χ3n) is 7.48. The van der Waals surface area contributed by atoms with Crippen molar-refractivity contribution >= 4 is 17.7 Å². The summed E-state index contributed by atoms with van der Waals surface area (Å²) in [4.78, 5) is 44.2. The summed E-state index contributed by atoms with van der Waals surface area (Å²) in [7, 11) is 0. The lowest BCUT2D eigenvalue weighted by molar-refractivity contribution is -0.129. The molecule has 6 N–H and O–H groups in total. The number of amides is 3. The molecule has 1 aromatic heterocycles. The Hall–Kier alpha value is -5.02. The highest BCUT2D eigenvalue weighted by atomic mass is 16.5. The molecule has 0 bridgehead atoms. The summed E-state index contributed by atoms with van der Waals surface area (Å²) in [6, 6.07) is 22.9. The third kappa shape index (κ3) is 8.52. The van der Waals surface area contributed by atoms with E-state index in [0.717, 1.165) is 33.6 Å². The largest absolute Gasteiger partial charge is 0.494 e. The van der Waals surface area contributed by atoms with E-state index in [9.17, 15) is 14.4 Å². The van der Waals surface area contributed by atoms with Crippen molar-refractivity contribution in [3.8, 4) is 5.75 Å². The summed E-state index contributed by atoms with van der Waals surface area (Å²) in [6.07, 6.45) is 3.82. The lowest BCUT2D eigenvalue weighted by Gasteiger charge is -2.24. The molecule has 3 aromatic carbocycles. The number of aryl methyl sites for hydroxylation is 1. The van der Waals surface area contributed by atoms with Crippen molar-refractivity contribution in [3.05, 3.63) is 130 Å². The number of hydrogen-bond acceptors (Lipinski definition) is 6. The Kier molecular flexibility index (Phi) is 11.2. The van der Waals surface area contributed by atoms with Gasteiger partial charge < -0.3 is 26.8 Å². The van der Waals surface area contributed by atoms with E-state index in [1.54, 1.807) is 42.7 Å². The van der Waals surface area contributed by atoms with Crippen molar-refractivity contribution in [3.63, 3.8) is 0 Å². The molecule has 228 valence electrons. The first-order chi connectivity index (χ1) is 21.3. The van der Waals surface area contributed by atoms with Crippen LogP contribution in [0.4, 0.5) is 0 Å². The van der Waals surface area contributed by atoms with Gasteiger partial charge in [0.25, 0.3) is 0 Å². The molecule has 0 aliphatic heterocycles. The van der Waals surface area contributed by atoms with Crippen molar-refractivity contribution in [2.75, 3.05) is 6.61 Å². The van der Waals surface area contributed by atoms with Gasteiger partial charge in [0.15, 0.2) is 0 Å². The Morgan fingerprint density at radius 1 is 0.886 bits per heavy atom. The van der Waals surface area contributed by atoms with Crippen LogP contribution >= 0.6 is 0 Å². The van der Waals surface area contributed by atoms with Gasteiger partial charge >= 0.3 is 0 Å². The maximum Gasteiger partial charge on any atom is 0.249 e. The molecular formula is C35H39N5O4. The Balaban J connectivity index is 1.61. The Morgan fingerprint density at radius 2 is 1.64 bits per heavy atom. The molecule has 9 heteroatoms. The van der Waals surface area contributed by atoms with E-state index in [-0.39, 0.29) is 30.9 Å². The van der Waals surface area contributed by atoms with Gasteiger partial charge in [-0.3, -0.25) is 19.4 Å². The van der Waals surface area contributed by atoms with Crippen molar-refractivity contribution in [1.29, 1.82) is 0 Å². The van der Waals surface area contributed by atoms with Crippen LogP contribution in [-0.2, 0) is 35.5 Å². The van der Waals surface area contributed by atoms with Crippen molar-refractivity contribution in [1.82, 2.24) is 15.6 Å². The number of pyridine rings is 1. The normalized spacial score (nSPS) is 12.2. The summed E-state index contributed by atoms with van der Waals surface area (Å²) < 4.78 is 5.56. The molecule has 0 saturated heterocycles. The number of rotatable bonds is 14. The van der Waals surface area contributed by atoms with Gasteiger partial charge in [-0.2, -0.15) is 0 Å². The fraction of sp³-hybridized carbons (Fsp3) is 0.257. The molecule has 0 aliphatic rings. The van der Waals surface area contributed by atoms with Crippen LogP contribution in [0, 0.1) is 6.92 Å².